The number of ether oxygens (including phenoxy) is 1. The fraction of sp³-hybridized carbons (Fsp3) is 0.947. The highest BCUT2D eigenvalue weighted by atomic mass is 16.5. The Morgan fingerprint density at radius 2 is 1.38 bits per heavy atom. The Kier molecular flexibility index (Phi) is 8.77. The Hall–Kier alpha value is -0.370. The van der Waals surface area contributed by atoms with E-state index in [-0.39, 0.29) is 23.0 Å². The lowest BCUT2D eigenvalue weighted by atomic mass is 9.57. The van der Waals surface area contributed by atoms with E-state index in [1.54, 1.807) is 0 Å². The maximum Gasteiger partial charge on any atom is 0.145 e. The Bertz CT molecular complexity index is 288. The van der Waals surface area contributed by atoms with Gasteiger partial charge in [-0.25, -0.2) is 0 Å². The van der Waals surface area contributed by atoms with Crippen LogP contribution in [0.2, 0.25) is 0 Å². The molecule has 0 saturated heterocycles. The predicted octanol–water partition coefficient (Wildman–Crippen LogP) is 5.78. The normalized spacial score (nSPS) is 15.8. The highest BCUT2D eigenvalue weighted by Gasteiger charge is 2.49. The quantitative estimate of drug-likeness (QED) is 0.357. The van der Waals surface area contributed by atoms with E-state index >= 15 is 0 Å². The third-order valence-corrected chi connectivity index (χ3v) is 5.53. The standard InChI is InChI=1S/C19H38O2/c1-8-9-10-11-12-13-14-19(7,17(2,3)4)18(5,6)21-16-15-20/h15H,8-14,16H2,1-7H3. The van der Waals surface area contributed by atoms with Crippen LogP contribution in [0.5, 0.6) is 0 Å². The molecule has 0 aliphatic heterocycles. The molecular weight excluding hydrogens is 260 g/mol. The van der Waals surface area contributed by atoms with Crippen molar-refractivity contribution in [2.75, 3.05) is 6.61 Å². The second-order valence-corrected chi connectivity index (χ2v) is 8.09. The van der Waals surface area contributed by atoms with Crippen LogP contribution in [0.25, 0.3) is 0 Å². The lowest BCUT2D eigenvalue weighted by Crippen LogP contribution is -2.52. The van der Waals surface area contributed by atoms with Gasteiger partial charge in [0.25, 0.3) is 0 Å². The summed E-state index contributed by atoms with van der Waals surface area (Å²) in [5, 5.41) is 0. The number of hydrogen-bond donors (Lipinski definition) is 0. The minimum absolute atomic E-state index is 0.0494. The molecule has 0 fully saturated rings. The third-order valence-electron chi connectivity index (χ3n) is 5.53. The van der Waals surface area contributed by atoms with Gasteiger partial charge in [-0.2, -0.15) is 0 Å². The first-order valence-corrected chi connectivity index (χ1v) is 8.70. The lowest BCUT2D eigenvalue weighted by molar-refractivity contribution is -0.157. The number of hydrogen-bond acceptors (Lipinski definition) is 2. The van der Waals surface area contributed by atoms with Crippen molar-refractivity contribution in [1.29, 1.82) is 0 Å². The van der Waals surface area contributed by atoms with Crippen LogP contribution in [0.3, 0.4) is 0 Å². The van der Waals surface area contributed by atoms with Crippen molar-refractivity contribution in [2.45, 2.75) is 99.0 Å². The second kappa shape index (κ2) is 8.92. The summed E-state index contributed by atoms with van der Waals surface area (Å²) in [6, 6.07) is 0. The van der Waals surface area contributed by atoms with Gasteiger partial charge in [-0.15, -0.1) is 0 Å². The molecule has 21 heavy (non-hydrogen) atoms. The summed E-state index contributed by atoms with van der Waals surface area (Å²) in [6.07, 6.45) is 9.89. The molecule has 1 atom stereocenters. The van der Waals surface area contributed by atoms with Gasteiger partial charge in [-0.1, -0.05) is 73.1 Å². The van der Waals surface area contributed by atoms with E-state index in [0.29, 0.717) is 0 Å². The van der Waals surface area contributed by atoms with Crippen LogP contribution >= 0.6 is 0 Å². The number of rotatable bonds is 11. The number of aldehydes is 1. The van der Waals surface area contributed by atoms with Crippen molar-refractivity contribution in [3.63, 3.8) is 0 Å². The highest BCUT2D eigenvalue weighted by Crippen LogP contribution is 2.51. The van der Waals surface area contributed by atoms with E-state index in [4.69, 9.17) is 4.74 Å². The van der Waals surface area contributed by atoms with Crippen molar-refractivity contribution in [3.8, 4) is 0 Å². The molecule has 0 aromatic carbocycles. The van der Waals surface area contributed by atoms with E-state index in [2.05, 4.69) is 48.5 Å². The molecule has 0 radical (unpaired) electrons. The number of carbonyl (C=O) groups excluding carboxylic acids is 1. The van der Waals surface area contributed by atoms with Gasteiger partial charge in [0.05, 0.1) is 5.60 Å². The average molecular weight is 299 g/mol. The molecule has 0 aliphatic carbocycles. The van der Waals surface area contributed by atoms with Crippen molar-refractivity contribution in [2.24, 2.45) is 10.8 Å². The summed E-state index contributed by atoms with van der Waals surface area (Å²) in [6.45, 7) is 15.9. The van der Waals surface area contributed by atoms with Gasteiger partial charge in [0, 0.05) is 5.41 Å². The van der Waals surface area contributed by atoms with E-state index < -0.39 is 0 Å². The zero-order chi connectivity index (χ0) is 16.6. The molecule has 126 valence electrons. The fourth-order valence-electron chi connectivity index (χ4n) is 3.24. The van der Waals surface area contributed by atoms with E-state index in [9.17, 15) is 4.79 Å². The molecule has 0 saturated carbocycles. The molecule has 1 unspecified atom stereocenters. The first-order chi connectivity index (χ1) is 9.62. The molecular formula is C19H38O2. The number of carbonyl (C=O) groups is 1. The van der Waals surface area contributed by atoms with Gasteiger partial charge in [-0.05, 0) is 25.7 Å². The molecule has 0 amide bonds. The summed E-state index contributed by atoms with van der Waals surface area (Å²) in [5.41, 5.74) is -0.105. The van der Waals surface area contributed by atoms with Crippen LogP contribution in [0, 0.1) is 10.8 Å². The first kappa shape index (κ1) is 20.6. The van der Waals surface area contributed by atoms with E-state index in [1.807, 2.05) is 0 Å². The largest absolute Gasteiger partial charge is 0.368 e. The smallest absolute Gasteiger partial charge is 0.145 e. The van der Waals surface area contributed by atoms with Crippen LogP contribution in [-0.4, -0.2) is 18.5 Å². The van der Waals surface area contributed by atoms with E-state index in [0.717, 1.165) is 12.7 Å². The van der Waals surface area contributed by atoms with Crippen molar-refractivity contribution >= 4 is 6.29 Å². The topological polar surface area (TPSA) is 26.3 Å². The van der Waals surface area contributed by atoms with Gasteiger partial charge in [-0.3, -0.25) is 0 Å². The predicted molar refractivity (Wildman–Crippen MR) is 91.7 cm³/mol. The second-order valence-electron chi connectivity index (χ2n) is 8.09. The highest BCUT2D eigenvalue weighted by molar-refractivity contribution is 5.50. The van der Waals surface area contributed by atoms with Crippen LogP contribution in [0.4, 0.5) is 0 Å². The summed E-state index contributed by atoms with van der Waals surface area (Å²) >= 11 is 0. The van der Waals surface area contributed by atoms with Gasteiger partial charge >= 0.3 is 0 Å². The Balaban J connectivity index is 4.67. The molecule has 2 nitrogen and oxygen atoms in total. The van der Waals surface area contributed by atoms with E-state index in [1.165, 1.54) is 38.5 Å². The summed E-state index contributed by atoms with van der Waals surface area (Å²) in [4.78, 5) is 10.7. The van der Waals surface area contributed by atoms with Gasteiger partial charge < -0.3 is 9.53 Å². The third kappa shape index (κ3) is 6.10. The molecule has 2 heteroatoms. The Morgan fingerprint density at radius 3 is 1.86 bits per heavy atom. The van der Waals surface area contributed by atoms with Crippen molar-refractivity contribution < 1.29 is 9.53 Å². The molecule has 0 bridgehead atoms. The van der Waals surface area contributed by atoms with Crippen molar-refractivity contribution in [3.05, 3.63) is 0 Å². The zero-order valence-electron chi connectivity index (χ0n) is 15.6. The van der Waals surface area contributed by atoms with Crippen LogP contribution in [0.1, 0.15) is 93.4 Å². The summed E-state index contributed by atoms with van der Waals surface area (Å²) < 4.78 is 5.90. The SMILES string of the molecule is CCCCCCCCC(C)(C(C)(C)C)C(C)(C)OCC=O. The minimum Gasteiger partial charge on any atom is -0.368 e. The maximum atomic E-state index is 10.7. The Labute approximate surface area is 133 Å². The maximum absolute atomic E-state index is 10.7. The summed E-state index contributed by atoms with van der Waals surface area (Å²) in [7, 11) is 0. The van der Waals surface area contributed by atoms with Crippen LogP contribution in [0.15, 0.2) is 0 Å². The van der Waals surface area contributed by atoms with Crippen LogP contribution in [-0.2, 0) is 9.53 Å². The molecule has 0 rings (SSSR count). The molecule has 0 N–H and O–H groups in total. The number of unbranched alkanes of at least 4 members (excludes halogenated alkanes) is 5. The molecule has 0 aliphatic rings. The van der Waals surface area contributed by atoms with Crippen molar-refractivity contribution in [1.82, 2.24) is 0 Å². The average Bonchev–Trinajstić information content (AvgIpc) is 2.38. The first-order valence-electron chi connectivity index (χ1n) is 8.70. The molecule has 0 aromatic heterocycles. The fourth-order valence-corrected chi connectivity index (χ4v) is 3.24. The van der Waals surface area contributed by atoms with Gasteiger partial charge in [0.15, 0.2) is 0 Å². The molecule has 0 aromatic rings. The monoisotopic (exact) mass is 298 g/mol. The lowest BCUT2D eigenvalue weighted by Gasteiger charge is -2.52. The van der Waals surface area contributed by atoms with Gasteiger partial charge in [0.2, 0.25) is 0 Å². The zero-order valence-corrected chi connectivity index (χ0v) is 15.6. The summed E-state index contributed by atoms with van der Waals surface area (Å²) in [5.74, 6) is 0. The molecule has 0 heterocycles. The van der Waals surface area contributed by atoms with Crippen LogP contribution < -0.4 is 0 Å². The Morgan fingerprint density at radius 1 is 0.857 bits per heavy atom. The van der Waals surface area contributed by atoms with Gasteiger partial charge in [0.1, 0.15) is 12.9 Å². The minimum atomic E-state index is -0.296. The molecule has 0 spiro atoms.